The first-order valence-corrected chi connectivity index (χ1v) is 10.8. The third-order valence-electron chi connectivity index (χ3n) is 4.41. The van der Waals surface area contributed by atoms with Crippen LogP contribution in [0.4, 0.5) is 5.69 Å². The van der Waals surface area contributed by atoms with Crippen molar-refractivity contribution in [2.75, 3.05) is 11.9 Å². The Morgan fingerprint density at radius 1 is 0.882 bits per heavy atom. The van der Waals surface area contributed by atoms with E-state index in [1.54, 1.807) is 48.5 Å². The number of hydrazone groups is 1. The summed E-state index contributed by atoms with van der Waals surface area (Å²) in [5.74, 6) is -0.731. The first-order chi connectivity index (χ1) is 16.5. The van der Waals surface area contributed by atoms with Gasteiger partial charge in [0, 0.05) is 17.3 Å². The minimum absolute atomic E-state index is 0.164. The van der Waals surface area contributed by atoms with Crippen LogP contribution in [-0.4, -0.2) is 30.5 Å². The first-order valence-electron chi connectivity index (χ1n) is 10.4. The molecule has 0 spiro atoms. The van der Waals surface area contributed by atoms with E-state index in [0.717, 1.165) is 5.56 Å². The Morgan fingerprint density at radius 2 is 1.65 bits per heavy atom. The third kappa shape index (κ3) is 8.76. The number of nitrogens with zero attached hydrogens (tertiary/aromatic N) is 1. The predicted octanol–water partition coefficient (Wildman–Crippen LogP) is 3.51. The highest BCUT2D eigenvalue weighted by molar-refractivity contribution is 6.30. The number of benzene rings is 3. The van der Waals surface area contributed by atoms with Gasteiger partial charge in [-0.15, -0.1) is 0 Å². The molecule has 0 saturated carbocycles. The van der Waals surface area contributed by atoms with Gasteiger partial charge in [-0.25, -0.2) is 5.43 Å². The lowest BCUT2D eigenvalue weighted by atomic mass is 10.2. The third-order valence-corrected chi connectivity index (χ3v) is 4.65. The molecule has 3 rings (SSSR count). The Labute approximate surface area is 202 Å². The molecular formula is C25H23ClN4O4. The topological polar surface area (TPSA) is 109 Å². The molecule has 0 atom stereocenters. The van der Waals surface area contributed by atoms with Crippen molar-refractivity contribution in [1.29, 1.82) is 0 Å². The van der Waals surface area contributed by atoms with Crippen LogP contribution in [0, 0.1) is 0 Å². The Bertz CT molecular complexity index is 1150. The second kappa shape index (κ2) is 12.8. The molecule has 0 saturated heterocycles. The lowest BCUT2D eigenvalue weighted by Crippen LogP contribution is -2.29. The normalized spacial score (nSPS) is 10.5. The summed E-state index contributed by atoms with van der Waals surface area (Å²) in [6, 6.07) is 23.0. The highest BCUT2D eigenvalue weighted by Gasteiger charge is 2.08. The fourth-order valence-electron chi connectivity index (χ4n) is 2.79. The van der Waals surface area contributed by atoms with E-state index in [4.69, 9.17) is 16.3 Å². The van der Waals surface area contributed by atoms with Gasteiger partial charge in [0.15, 0.2) is 6.61 Å². The van der Waals surface area contributed by atoms with Gasteiger partial charge in [-0.05, 0) is 53.6 Å². The number of hydrogen-bond donors (Lipinski definition) is 3. The monoisotopic (exact) mass is 478 g/mol. The molecule has 9 heteroatoms. The maximum atomic E-state index is 12.0. The van der Waals surface area contributed by atoms with E-state index in [2.05, 4.69) is 21.2 Å². The lowest BCUT2D eigenvalue weighted by molar-refractivity contribution is -0.129. The minimum Gasteiger partial charge on any atom is -0.484 e. The molecule has 0 aromatic heterocycles. The van der Waals surface area contributed by atoms with E-state index < -0.39 is 11.8 Å². The molecule has 0 radical (unpaired) electrons. The molecule has 3 aromatic carbocycles. The molecule has 0 bridgehead atoms. The fraction of sp³-hybridized carbons (Fsp3) is 0.120. The van der Waals surface area contributed by atoms with Gasteiger partial charge in [-0.2, -0.15) is 5.10 Å². The van der Waals surface area contributed by atoms with Crippen LogP contribution >= 0.6 is 11.6 Å². The molecule has 3 N–H and O–H groups in total. The molecule has 0 aliphatic carbocycles. The lowest BCUT2D eigenvalue weighted by Gasteiger charge is -2.08. The number of anilines is 1. The van der Waals surface area contributed by atoms with Gasteiger partial charge < -0.3 is 15.4 Å². The fourth-order valence-corrected chi connectivity index (χ4v) is 2.98. The van der Waals surface area contributed by atoms with Crippen molar-refractivity contribution in [2.24, 2.45) is 5.10 Å². The molecule has 0 unspecified atom stereocenters. The molecule has 3 aromatic rings. The molecule has 3 amide bonds. The van der Waals surface area contributed by atoms with Crippen molar-refractivity contribution >= 4 is 41.2 Å². The summed E-state index contributed by atoms with van der Waals surface area (Å²) in [6.07, 6.45) is 1.11. The number of rotatable bonds is 10. The highest BCUT2D eigenvalue weighted by atomic mass is 35.5. The van der Waals surface area contributed by atoms with Gasteiger partial charge in [0.25, 0.3) is 5.91 Å². The number of carbonyl (C=O) groups is 3. The highest BCUT2D eigenvalue weighted by Crippen LogP contribution is 2.15. The molecule has 0 aliphatic rings. The van der Waals surface area contributed by atoms with Crippen molar-refractivity contribution in [3.8, 4) is 5.75 Å². The van der Waals surface area contributed by atoms with Crippen molar-refractivity contribution in [2.45, 2.75) is 13.0 Å². The molecule has 34 heavy (non-hydrogen) atoms. The van der Waals surface area contributed by atoms with Gasteiger partial charge in [0.2, 0.25) is 11.8 Å². The van der Waals surface area contributed by atoms with Gasteiger partial charge in [-0.1, -0.05) is 48.0 Å². The van der Waals surface area contributed by atoms with Gasteiger partial charge in [0.05, 0.1) is 6.21 Å². The summed E-state index contributed by atoms with van der Waals surface area (Å²) in [5, 5.41) is 9.75. The second-order valence-electron chi connectivity index (χ2n) is 7.15. The van der Waals surface area contributed by atoms with Gasteiger partial charge in [0.1, 0.15) is 12.2 Å². The smallest absolute Gasteiger partial charge is 0.262 e. The average Bonchev–Trinajstić information content (AvgIpc) is 2.83. The summed E-state index contributed by atoms with van der Waals surface area (Å²) in [6.45, 7) is 0.190. The zero-order valence-corrected chi connectivity index (χ0v) is 18.9. The summed E-state index contributed by atoms with van der Waals surface area (Å²) >= 11 is 5.89. The van der Waals surface area contributed by atoms with Crippen molar-refractivity contribution in [3.05, 3.63) is 95.0 Å². The van der Waals surface area contributed by atoms with Crippen LogP contribution < -0.4 is 20.8 Å². The Morgan fingerprint density at radius 3 is 2.38 bits per heavy atom. The maximum Gasteiger partial charge on any atom is 0.262 e. The maximum absolute atomic E-state index is 12.0. The number of ether oxygens (including phenoxy) is 1. The van der Waals surface area contributed by atoms with Crippen molar-refractivity contribution in [3.63, 3.8) is 0 Å². The van der Waals surface area contributed by atoms with Crippen LogP contribution in [-0.2, 0) is 20.9 Å². The Kier molecular flexibility index (Phi) is 9.19. The van der Waals surface area contributed by atoms with E-state index in [0.29, 0.717) is 28.6 Å². The minimum atomic E-state index is -0.521. The average molecular weight is 479 g/mol. The van der Waals surface area contributed by atoms with Gasteiger partial charge in [-0.3, -0.25) is 14.4 Å². The zero-order chi connectivity index (χ0) is 24.2. The summed E-state index contributed by atoms with van der Waals surface area (Å²) in [5.41, 5.74) is 4.55. The number of amides is 3. The Balaban J connectivity index is 1.36. The molecule has 8 nitrogen and oxygen atoms in total. The molecule has 0 fully saturated rings. The number of halogens is 1. The summed E-state index contributed by atoms with van der Waals surface area (Å²) in [4.78, 5) is 35.7. The number of nitrogens with one attached hydrogen (secondary N) is 3. The van der Waals surface area contributed by atoms with E-state index in [9.17, 15) is 14.4 Å². The first kappa shape index (κ1) is 24.5. The van der Waals surface area contributed by atoms with E-state index in [-0.39, 0.29) is 18.9 Å². The number of hydrogen-bond acceptors (Lipinski definition) is 5. The van der Waals surface area contributed by atoms with Crippen LogP contribution in [0.25, 0.3) is 0 Å². The Hall–Kier alpha value is -4.17. The standard InChI is InChI=1S/C25H23ClN4O4/c26-20-7-4-8-21(13-20)29-25(33)17-34-22-11-9-19(10-12-22)16-28-30-24(32)14-23(31)27-15-18-5-2-1-3-6-18/h1-13,16H,14-15,17H2,(H,27,31)(H,29,33)(H,30,32)/b28-16+. The molecule has 0 heterocycles. The predicted molar refractivity (Wildman–Crippen MR) is 131 cm³/mol. The molecular weight excluding hydrogens is 456 g/mol. The van der Waals surface area contributed by atoms with E-state index in [1.165, 1.54) is 6.21 Å². The van der Waals surface area contributed by atoms with Crippen LogP contribution in [0.2, 0.25) is 5.02 Å². The van der Waals surface area contributed by atoms with Crippen LogP contribution in [0.5, 0.6) is 5.75 Å². The van der Waals surface area contributed by atoms with Crippen molar-refractivity contribution in [1.82, 2.24) is 10.7 Å². The number of carbonyl (C=O) groups excluding carboxylic acids is 3. The van der Waals surface area contributed by atoms with Crippen LogP contribution in [0.3, 0.4) is 0 Å². The summed E-state index contributed by atoms with van der Waals surface area (Å²) < 4.78 is 5.46. The second-order valence-corrected chi connectivity index (χ2v) is 7.58. The molecule has 0 aliphatic heterocycles. The van der Waals surface area contributed by atoms with Crippen LogP contribution in [0.1, 0.15) is 17.5 Å². The SMILES string of the molecule is O=C(CC(=O)N/N=C/c1ccc(OCC(=O)Nc2cccc(Cl)c2)cc1)NCc1ccccc1. The zero-order valence-electron chi connectivity index (χ0n) is 18.2. The largest absolute Gasteiger partial charge is 0.484 e. The van der Waals surface area contributed by atoms with Crippen molar-refractivity contribution < 1.29 is 19.1 Å². The van der Waals surface area contributed by atoms with Crippen LogP contribution in [0.15, 0.2) is 84.0 Å². The quantitative estimate of drug-likeness (QED) is 0.235. The summed E-state index contributed by atoms with van der Waals surface area (Å²) in [7, 11) is 0. The van der Waals surface area contributed by atoms with E-state index >= 15 is 0 Å². The molecule has 174 valence electrons. The van der Waals surface area contributed by atoms with Gasteiger partial charge >= 0.3 is 0 Å². The van der Waals surface area contributed by atoms with E-state index in [1.807, 2.05) is 30.3 Å².